The molecule has 0 unspecified atom stereocenters. The lowest BCUT2D eigenvalue weighted by Crippen LogP contribution is -2.21. The quantitative estimate of drug-likeness (QED) is 0.650. The summed E-state index contributed by atoms with van der Waals surface area (Å²) < 4.78 is 0. The van der Waals surface area contributed by atoms with E-state index in [1.165, 1.54) is 5.69 Å². The summed E-state index contributed by atoms with van der Waals surface area (Å²) in [6, 6.07) is 20.2. The van der Waals surface area contributed by atoms with Gasteiger partial charge in [-0.15, -0.1) is 0 Å². The van der Waals surface area contributed by atoms with Crippen molar-refractivity contribution in [1.29, 1.82) is 0 Å². The molecule has 0 fully saturated rings. The highest BCUT2D eigenvalue weighted by Gasteiger charge is 2.03. The van der Waals surface area contributed by atoms with Crippen LogP contribution in [-0.4, -0.2) is 23.1 Å². The van der Waals surface area contributed by atoms with E-state index in [2.05, 4.69) is 63.6 Å². The molecular weight excluding hydrogens is 310 g/mol. The lowest BCUT2D eigenvalue weighted by molar-refractivity contribution is 0.866. The van der Waals surface area contributed by atoms with Crippen molar-refractivity contribution < 1.29 is 0 Å². The predicted molar refractivity (Wildman–Crippen MR) is 105 cm³/mol. The Labute approximate surface area is 148 Å². The van der Waals surface area contributed by atoms with E-state index in [0.29, 0.717) is 0 Å². The van der Waals surface area contributed by atoms with E-state index in [-0.39, 0.29) is 0 Å². The molecule has 0 aliphatic heterocycles. The molecule has 0 amide bonds. The lowest BCUT2D eigenvalue weighted by atomic mass is 10.2. The number of para-hydroxylation sites is 1. The van der Waals surface area contributed by atoms with Gasteiger partial charge in [0.2, 0.25) is 0 Å². The number of aromatic nitrogens is 2. The Morgan fingerprint density at radius 2 is 1.32 bits per heavy atom. The third-order valence-electron chi connectivity index (χ3n) is 3.98. The van der Waals surface area contributed by atoms with Crippen molar-refractivity contribution >= 4 is 28.7 Å². The number of benzene rings is 2. The molecule has 0 spiro atoms. The monoisotopic (exact) mass is 333 g/mol. The first kappa shape index (κ1) is 16.8. The van der Waals surface area contributed by atoms with Crippen LogP contribution in [0.15, 0.2) is 67.0 Å². The standard InChI is InChI=1S/C20H23N5/c1-3-25(4-2)18-12-10-17(11-13-18)24-20-14-19(21-15-22-20)23-16-8-6-5-7-9-16/h5-15H,3-4H2,1-2H3,(H2,21,22,23,24). The molecule has 0 aliphatic carbocycles. The van der Waals surface area contributed by atoms with Gasteiger partial charge >= 0.3 is 0 Å². The van der Waals surface area contributed by atoms with E-state index >= 15 is 0 Å². The maximum Gasteiger partial charge on any atom is 0.135 e. The molecule has 1 heterocycles. The number of nitrogens with one attached hydrogen (secondary N) is 2. The van der Waals surface area contributed by atoms with Crippen LogP contribution in [0.1, 0.15) is 13.8 Å². The Hall–Kier alpha value is -3.08. The van der Waals surface area contributed by atoms with E-state index in [1.807, 2.05) is 36.4 Å². The van der Waals surface area contributed by atoms with Crippen LogP contribution in [0.3, 0.4) is 0 Å². The molecule has 3 aromatic rings. The first-order valence-corrected chi connectivity index (χ1v) is 8.54. The van der Waals surface area contributed by atoms with Crippen molar-refractivity contribution in [1.82, 2.24) is 9.97 Å². The second-order valence-corrected chi connectivity index (χ2v) is 5.62. The van der Waals surface area contributed by atoms with Gasteiger partial charge in [0.15, 0.2) is 0 Å². The van der Waals surface area contributed by atoms with E-state index in [9.17, 15) is 0 Å². The summed E-state index contributed by atoms with van der Waals surface area (Å²) in [5.41, 5.74) is 3.22. The fourth-order valence-electron chi connectivity index (χ4n) is 2.66. The van der Waals surface area contributed by atoms with Gasteiger partial charge in [0.1, 0.15) is 18.0 Å². The molecule has 0 atom stereocenters. The van der Waals surface area contributed by atoms with Crippen LogP contribution in [0.2, 0.25) is 0 Å². The van der Waals surface area contributed by atoms with Crippen LogP contribution in [-0.2, 0) is 0 Å². The zero-order valence-corrected chi connectivity index (χ0v) is 14.6. The molecule has 25 heavy (non-hydrogen) atoms. The SMILES string of the molecule is CCN(CC)c1ccc(Nc2cc(Nc3ccccc3)ncn2)cc1. The molecule has 5 nitrogen and oxygen atoms in total. The Balaban J connectivity index is 1.69. The van der Waals surface area contributed by atoms with Gasteiger partial charge in [-0.2, -0.15) is 0 Å². The van der Waals surface area contributed by atoms with E-state index in [4.69, 9.17) is 0 Å². The normalized spacial score (nSPS) is 10.3. The maximum absolute atomic E-state index is 4.29. The molecule has 0 saturated carbocycles. The third kappa shape index (κ3) is 4.47. The number of nitrogens with zero attached hydrogens (tertiary/aromatic N) is 3. The van der Waals surface area contributed by atoms with Crippen molar-refractivity contribution in [3.8, 4) is 0 Å². The van der Waals surface area contributed by atoms with Crippen molar-refractivity contribution in [2.24, 2.45) is 0 Å². The topological polar surface area (TPSA) is 53.1 Å². The number of hydrogen-bond acceptors (Lipinski definition) is 5. The Morgan fingerprint density at radius 3 is 1.88 bits per heavy atom. The smallest absolute Gasteiger partial charge is 0.135 e. The first-order chi connectivity index (χ1) is 12.3. The summed E-state index contributed by atoms with van der Waals surface area (Å²) >= 11 is 0. The molecule has 0 saturated heterocycles. The molecule has 0 radical (unpaired) electrons. The molecule has 0 bridgehead atoms. The average molecular weight is 333 g/mol. The molecule has 0 aliphatic rings. The largest absolute Gasteiger partial charge is 0.372 e. The van der Waals surface area contributed by atoms with Gasteiger partial charge in [-0.25, -0.2) is 9.97 Å². The summed E-state index contributed by atoms with van der Waals surface area (Å²) in [5, 5.41) is 6.59. The summed E-state index contributed by atoms with van der Waals surface area (Å²) in [6.07, 6.45) is 1.55. The van der Waals surface area contributed by atoms with E-state index < -0.39 is 0 Å². The van der Waals surface area contributed by atoms with Crippen LogP contribution >= 0.6 is 0 Å². The highest BCUT2D eigenvalue weighted by molar-refractivity contribution is 5.64. The highest BCUT2D eigenvalue weighted by Crippen LogP contribution is 2.22. The van der Waals surface area contributed by atoms with Crippen LogP contribution in [0, 0.1) is 0 Å². The van der Waals surface area contributed by atoms with Crippen LogP contribution in [0.5, 0.6) is 0 Å². The molecule has 3 rings (SSSR count). The van der Waals surface area contributed by atoms with Crippen molar-refractivity contribution in [3.05, 3.63) is 67.0 Å². The van der Waals surface area contributed by atoms with Gasteiger partial charge < -0.3 is 15.5 Å². The van der Waals surface area contributed by atoms with Crippen LogP contribution in [0.25, 0.3) is 0 Å². The number of rotatable bonds is 7. The molecule has 2 N–H and O–H groups in total. The fourth-order valence-corrected chi connectivity index (χ4v) is 2.66. The van der Waals surface area contributed by atoms with E-state index in [0.717, 1.165) is 36.1 Å². The molecular formula is C20H23N5. The van der Waals surface area contributed by atoms with Gasteiger partial charge in [-0.1, -0.05) is 18.2 Å². The van der Waals surface area contributed by atoms with Crippen molar-refractivity contribution in [2.75, 3.05) is 28.6 Å². The van der Waals surface area contributed by atoms with Crippen molar-refractivity contribution in [2.45, 2.75) is 13.8 Å². The van der Waals surface area contributed by atoms with Crippen LogP contribution < -0.4 is 15.5 Å². The molecule has 2 aromatic carbocycles. The minimum absolute atomic E-state index is 0.753. The Morgan fingerprint density at radius 1 is 0.760 bits per heavy atom. The average Bonchev–Trinajstić information content (AvgIpc) is 2.65. The summed E-state index contributed by atoms with van der Waals surface area (Å²) in [5.74, 6) is 1.51. The zero-order chi connectivity index (χ0) is 17.5. The van der Waals surface area contributed by atoms with Gasteiger partial charge in [-0.3, -0.25) is 0 Å². The minimum Gasteiger partial charge on any atom is -0.372 e. The predicted octanol–water partition coefficient (Wildman–Crippen LogP) is 4.81. The molecule has 5 heteroatoms. The maximum atomic E-state index is 4.29. The summed E-state index contributed by atoms with van der Waals surface area (Å²) in [6.45, 7) is 6.34. The Kier molecular flexibility index (Phi) is 5.46. The second kappa shape index (κ2) is 8.15. The summed E-state index contributed by atoms with van der Waals surface area (Å²) in [7, 11) is 0. The second-order valence-electron chi connectivity index (χ2n) is 5.62. The third-order valence-corrected chi connectivity index (χ3v) is 3.98. The van der Waals surface area contributed by atoms with Crippen molar-refractivity contribution in [3.63, 3.8) is 0 Å². The first-order valence-electron chi connectivity index (χ1n) is 8.54. The van der Waals surface area contributed by atoms with Crippen LogP contribution in [0.4, 0.5) is 28.7 Å². The zero-order valence-electron chi connectivity index (χ0n) is 14.6. The number of hydrogen-bond donors (Lipinski definition) is 2. The van der Waals surface area contributed by atoms with Gasteiger partial charge in [0.25, 0.3) is 0 Å². The highest BCUT2D eigenvalue weighted by atomic mass is 15.1. The summed E-state index contributed by atoms with van der Waals surface area (Å²) in [4.78, 5) is 10.9. The lowest BCUT2D eigenvalue weighted by Gasteiger charge is -2.21. The van der Waals surface area contributed by atoms with Gasteiger partial charge in [-0.05, 0) is 50.2 Å². The Bertz CT molecular complexity index is 783. The number of anilines is 5. The minimum atomic E-state index is 0.753. The van der Waals surface area contributed by atoms with E-state index in [1.54, 1.807) is 6.33 Å². The fraction of sp³-hybridized carbons (Fsp3) is 0.200. The van der Waals surface area contributed by atoms with Gasteiger partial charge in [0, 0.05) is 36.2 Å². The van der Waals surface area contributed by atoms with Gasteiger partial charge in [0.05, 0.1) is 0 Å². The molecule has 128 valence electrons. The molecule has 1 aromatic heterocycles.